The predicted octanol–water partition coefficient (Wildman–Crippen LogP) is 6.69. The van der Waals surface area contributed by atoms with Crippen LogP contribution >= 0.6 is 0 Å². The summed E-state index contributed by atoms with van der Waals surface area (Å²) in [7, 11) is 0. The van der Waals surface area contributed by atoms with Gasteiger partial charge >= 0.3 is 0 Å². The summed E-state index contributed by atoms with van der Waals surface area (Å²) < 4.78 is 6.09. The minimum absolute atomic E-state index is 0.201. The van der Waals surface area contributed by atoms with Crippen LogP contribution < -0.4 is 4.74 Å². The van der Waals surface area contributed by atoms with Crippen molar-refractivity contribution < 1.29 is 4.74 Å². The van der Waals surface area contributed by atoms with Crippen LogP contribution in [0.1, 0.15) is 58.2 Å². The highest BCUT2D eigenvalue weighted by Crippen LogP contribution is 2.41. The van der Waals surface area contributed by atoms with Crippen LogP contribution in [0.4, 0.5) is 0 Å². The molecule has 1 nitrogen and oxygen atoms in total. The van der Waals surface area contributed by atoms with Gasteiger partial charge in [-0.05, 0) is 61.1 Å². The van der Waals surface area contributed by atoms with E-state index in [9.17, 15) is 0 Å². The molecule has 2 aromatic rings. The highest BCUT2D eigenvalue weighted by atomic mass is 16.5. The SMILES string of the molecule is CC.CC.CC1(C)C=Cc2c(ccc3c2CCc2ccccc2-3)O1. The van der Waals surface area contributed by atoms with Crippen LogP contribution in [0.3, 0.4) is 0 Å². The first kappa shape index (κ1) is 18.3. The van der Waals surface area contributed by atoms with Gasteiger partial charge < -0.3 is 4.74 Å². The summed E-state index contributed by atoms with van der Waals surface area (Å²) in [6.45, 7) is 12.2. The lowest BCUT2D eigenvalue weighted by molar-refractivity contribution is 0.159. The van der Waals surface area contributed by atoms with Gasteiger partial charge in [0.2, 0.25) is 0 Å². The smallest absolute Gasteiger partial charge is 0.128 e. The third-order valence-electron chi connectivity index (χ3n) is 4.29. The monoisotopic (exact) mass is 322 g/mol. The van der Waals surface area contributed by atoms with E-state index >= 15 is 0 Å². The summed E-state index contributed by atoms with van der Waals surface area (Å²) in [5.74, 6) is 1.02. The lowest BCUT2D eigenvalue weighted by Crippen LogP contribution is -2.28. The van der Waals surface area contributed by atoms with E-state index < -0.39 is 0 Å². The molecule has 0 radical (unpaired) electrons. The van der Waals surface area contributed by atoms with Gasteiger partial charge in [-0.2, -0.15) is 0 Å². The third-order valence-corrected chi connectivity index (χ3v) is 4.29. The Hall–Kier alpha value is -2.02. The average molecular weight is 322 g/mol. The van der Waals surface area contributed by atoms with Crippen molar-refractivity contribution >= 4 is 6.08 Å². The molecule has 0 saturated heterocycles. The lowest BCUT2D eigenvalue weighted by atomic mass is 9.82. The molecule has 2 aromatic carbocycles. The van der Waals surface area contributed by atoms with Crippen LogP contribution in [-0.4, -0.2) is 5.60 Å². The molecule has 0 amide bonds. The van der Waals surface area contributed by atoms with Crippen LogP contribution in [0.25, 0.3) is 17.2 Å². The van der Waals surface area contributed by atoms with Crippen LogP contribution in [-0.2, 0) is 12.8 Å². The highest BCUT2D eigenvalue weighted by molar-refractivity contribution is 5.80. The second kappa shape index (κ2) is 7.70. The zero-order valence-corrected chi connectivity index (χ0v) is 15.9. The maximum Gasteiger partial charge on any atom is 0.128 e. The molecule has 1 heterocycles. The maximum absolute atomic E-state index is 6.09. The molecule has 0 aromatic heterocycles. The first-order chi connectivity index (χ1) is 11.6. The molecule has 1 aliphatic heterocycles. The van der Waals surface area contributed by atoms with E-state index in [0.717, 1.165) is 18.6 Å². The van der Waals surface area contributed by atoms with Gasteiger partial charge in [-0.25, -0.2) is 0 Å². The van der Waals surface area contributed by atoms with Crippen molar-refractivity contribution in [1.29, 1.82) is 0 Å². The summed E-state index contributed by atoms with van der Waals surface area (Å²) in [4.78, 5) is 0. The van der Waals surface area contributed by atoms with E-state index in [4.69, 9.17) is 4.74 Å². The van der Waals surface area contributed by atoms with Gasteiger partial charge in [0, 0.05) is 5.56 Å². The van der Waals surface area contributed by atoms with E-state index in [1.807, 2.05) is 27.7 Å². The molecule has 4 rings (SSSR count). The molecule has 24 heavy (non-hydrogen) atoms. The molecular formula is C23H30O. The molecule has 0 bridgehead atoms. The number of hydrogen-bond donors (Lipinski definition) is 0. The van der Waals surface area contributed by atoms with Crippen molar-refractivity contribution in [3.05, 3.63) is 59.2 Å². The maximum atomic E-state index is 6.09. The molecular weight excluding hydrogens is 292 g/mol. The number of hydrogen-bond acceptors (Lipinski definition) is 1. The molecule has 0 unspecified atom stereocenters. The van der Waals surface area contributed by atoms with Gasteiger partial charge in [-0.15, -0.1) is 0 Å². The van der Waals surface area contributed by atoms with Gasteiger partial charge in [-0.1, -0.05) is 64.1 Å². The fourth-order valence-corrected chi connectivity index (χ4v) is 3.30. The Labute approximate surface area is 147 Å². The fraction of sp³-hybridized carbons (Fsp3) is 0.391. The number of ether oxygens (including phenoxy) is 1. The molecule has 0 N–H and O–H groups in total. The number of rotatable bonds is 0. The first-order valence-corrected chi connectivity index (χ1v) is 9.26. The molecule has 128 valence electrons. The Kier molecular flexibility index (Phi) is 5.88. The summed E-state index contributed by atoms with van der Waals surface area (Å²) in [5, 5.41) is 0. The Morgan fingerprint density at radius 2 is 1.54 bits per heavy atom. The van der Waals surface area contributed by atoms with E-state index in [1.54, 1.807) is 0 Å². The van der Waals surface area contributed by atoms with Crippen molar-refractivity contribution in [3.63, 3.8) is 0 Å². The van der Waals surface area contributed by atoms with Gasteiger partial charge in [0.1, 0.15) is 11.4 Å². The Bertz CT molecular complexity index is 723. The van der Waals surface area contributed by atoms with E-state index in [0.29, 0.717) is 0 Å². The fourth-order valence-electron chi connectivity index (χ4n) is 3.30. The largest absolute Gasteiger partial charge is 0.483 e. The Morgan fingerprint density at radius 3 is 2.29 bits per heavy atom. The number of aryl methyl sites for hydroxylation is 1. The molecule has 0 atom stereocenters. The zero-order valence-electron chi connectivity index (χ0n) is 15.9. The highest BCUT2D eigenvalue weighted by Gasteiger charge is 2.26. The minimum Gasteiger partial charge on any atom is -0.483 e. The van der Waals surface area contributed by atoms with Crippen molar-refractivity contribution in [2.24, 2.45) is 0 Å². The Balaban J connectivity index is 0.000000487. The predicted molar refractivity (Wildman–Crippen MR) is 106 cm³/mol. The summed E-state index contributed by atoms with van der Waals surface area (Å²) in [6, 6.07) is 13.1. The second-order valence-corrected chi connectivity index (χ2v) is 6.20. The molecule has 2 aliphatic rings. The summed E-state index contributed by atoms with van der Waals surface area (Å²) in [5.41, 5.74) is 6.73. The van der Waals surface area contributed by atoms with Crippen molar-refractivity contribution in [3.8, 4) is 16.9 Å². The van der Waals surface area contributed by atoms with Gasteiger partial charge in [-0.3, -0.25) is 0 Å². The van der Waals surface area contributed by atoms with Crippen molar-refractivity contribution in [2.75, 3.05) is 0 Å². The van der Waals surface area contributed by atoms with Crippen LogP contribution in [0.15, 0.2) is 42.5 Å². The minimum atomic E-state index is -0.201. The molecule has 0 fully saturated rings. The molecule has 0 saturated carbocycles. The average Bonchev–Trinajstić information content (AvgIpc) is 2.63. The van der Waals surface area contributed by atoms with Crippen LogP contribution in [0.2, 0.25) is 0 Å². The number of benzene rings is 2. The number of fused-ring (bicyclic) bond motifs is 5. The van der Waals surface area contributed by atoms with Crippen LogP contribution in [0, 0.1) is 0 Å². The van der Waals surface area contributed by atoms with Gasteiger partial charge in [0.05, 0.1) is 0 Å². The van der Waals surface area contributed by atoms with Gasteiger partial charge in [0.15, 0.2) is 0 Å². The topological polar surface area (TPSA) is 9.23 Å². The van der Waals surface area contributed by atoms with E-state index in [1.165, 1.54) is 27.8 Å². The normalized spacial score (nSPS) is 15.2. The lowest BCUT2D eigenvalue weighted by Gasteiger charge is -2.31. The zero-order chi connectivity index (χ0) is 17.7. The van der Waals surface area contributed by atoms with Crippen molar-refractivity contribution in [2.45, 2.75) is 60.0 Å². The molecule has 0 spiro atoms. The first-order valence-electron chi connectivity index (χ1n) is 9.26. The summed E-state index contributed by atoms with van der Waals surface area (Å²) in [6.07, 6.45) is 6.63. The second-order valence-electron chi connectivity index (χ2n) is 6.20. The van der Waals surface area contributed by atoms with E-state index in [2.05, 4.69) is 62.4 Å². The van der Waals surface area contributed by atoms with Gasteiger partial charge in [0.25, 0.3) is 0 Å². The summed E-state index contributed by atoms with van der Waals surface area (Å²) >= 11 is 0. The molecule has 1 aliphatic carbocycles. The molecule has 1 heteroatoms. The quantitative estimate of drug-likeness (QED) is 0.525. The third kappa shape index (κ3) is 3.40. The van der Waals surface area contributed by atoms with E-state index in [-0.39, 0.29) is 5.60 Å². The standard InChI is InChI=1S/C19H18O.2C2H6/c1-19(2)12-11-17-16-8-7-13-5-3-4-6-14(13)15(16)9-10-18(17)20-19;2*1-2/h3-6,9-12H,7-8H2,1-2H3;2*1-2H3. The Morgan fingerprint density at radius 1 is 0.833 bits per heavy atom. The van der Waals surface area contributed by atoms with Crippen LogP contribution in [0.5, 0.6) is 5.75 Å². The van der Waals surface area contributed by atoms with Crippen molar-refractivity contribution in [1.82, 2.24) is 0 Å².